The first-order valence-electron chi connectivity index (χ1n) is 17.8. The molecule has 0 spiro atoms. The highest BCUT2D eigenvalue weighted by atomic mass is 79.9. The molecule has 3 fully saturated rings. The Morgan fingerprint density at radius 1 is 1.13 bits per heavy atom. The summed E-state index contributed by atoms with van der Waals surface area (Å²) in [7, 11) is 0. The number of hydrogen-bond acceptors (Lipinski definition) is 9. The van der Waals surface area contributed by atoms with Crippen molar-refractivity contribution in [1.82, 2.24) is 14.8 Å². The van der Waals surface area contributed by atoms with Gasteiger partial charge in [-0.3, -0.25) is 19.4 Å². The lowest BCUT2D eigenvalue weighted by Crippen LogP contribution is -2.70. The zero-order valence-electron chi connectivity index (χ0n) is 30.4. The van der Waals surface area contributed by atoms with E-state index in [1.54, 1.807) is 37.0 Å². The van der Waals surface area contributed by atoms with E-state index >= 15 is 4.39 Å². The van der Waals surface area contributed by atoms with Gasteiger partial charge in [-0.15, -0.1) is 12.8 Å². The Morgan fingerprint density at radius 2 is 1.85 bits per heavy atom. The molecule has 52 heavy (non-hydrogen) atoms. The molecule has 2 aromatic rings. The van der Waals surface area contributed by atoms with Crippen molar-refractivity contribution < 1.29 is 38.1 Å². The second kappa shape index (κ2) is 15.2. The van der Waals surface area contributed by atoms with Crippen LogP contribution in [0.3, 0.4) is 0 Å². The van der Waals surface area contributed by atoms with Crippen LogP contribution in [0, 0.1) is 53.3 Å². The molecule has 1 N–H and O–H groups in total. The lowest BCUT2D eigenvalue weighted by Gasteiger charge is -2.63. The number of hydrogen-bond donors (Lipinski definition) is 1. The summed E-state index contributed by atoms with van der Waals surface area (Å²) in [6, 6.07) is 1.78. The molecule has 0 amide bonds. The lowest BCUT2D eigenvalue weighted by molar-refractivity contribution is -0.234. The molecular formula is C40H47BrFN3O7. The van der Waals surface area contributed by atoms with E-state index in [1.165, 1.54) is 0 Å². The molecule has 0 saturated heterocycles. The summed E-state index contributed by atoms with van der Waals surface area (Å²) in [6.07, 6.45) is 17.5. The van der Waals surface area contributed by atoms with Gasteiger partial charge in [0.25, 0.3) is 0 Å². The van der Waals surface area contributed by atoms with Crippen LogP contribution >= 0.6 is 15.9 Å². The lowest BCUT2D eigenvalue weighted by atomic mass is 9.43. The Morgan fingerprint density at radius 3 is 2.50 bits per heavy atom. The van der Waals surface area contributed by atoms with E-state index in [0.717, 1.165) is 16.8 Å². The number of Topliss-reactive ketones (excluding diaryl/α,β-unsaturated/α-hetero) is 1. The number of allylic oxidation sites excluding steroid dienone is 1. The van der Waals surface area contributed by atoms with Gasteiger partial charge < -0.3 is 19.3 Å². The van der Waals surface area contributed by atoms with Gasteiger partial charge in [-0.1, -0.05) is 68.0 Å². The van der Waals surface area contributed by atoms with Crippen molar-refractivity contribution in [2.75, 3.05) is 18.5 Å². The minimum Gasteiger partial charge on any atom is -0.479 e. The van der Waals surface area contributed by atoms with Crippen molar-refractivity contribution in [2.24, 2.45) is 28.6 Å². The van der Waals surface area contributed by atoms with Gasteiger partial charge in [0.05, 0.1) is 35.2 Å². The van der Waals surface area contributed by atoms with Gasteiger partial charge in [0.15, 0.2) is 12.2 Å². The molecule has 0 aliphatic heterocycles. The zero-order chi connectivity index (χ0) is 38.1. The third-order valence-electron chi connectivity index (χ3n) is 12.0. The van der Waals surface area contributed by atoms with E-state index < -0.39 is 64.4 Å². The molecule has 0 unspecified atom stereocenters. The third-order valence-corrected chi connectivity index (χ3v) is 12.4. The fraction of sp³-hybridized carbons (Fsp3) is 0.575. The third kappa shape index (κ3) is 6.26. The fourth-order valence-corrected chi connectivity index (χ4v) is 9.72. The molecule has 0 aromatic carbocycles. The van der Waals surface area contributed by atoms with E-state index in [4.69, 9.17) is 32.2 Å². The van der Waals surface area contributed by atoms with E-state index in [2.05, 4.69) is 32.8 Å². The number of nitrogens with zero attached hydrogens (tertiary/aromatic N) is 3. The highest BCUT2D eigenvalue weighted by molar-refractivity contribution is 9.09. The average Bonchev–Trinajstić information content (AvgIpc) is 3.64. The fourth-order valence-electron chi connectivity index (χ4n) is 9.72. The van der Waals surface area contributed by atoms with Crippen LogP contribution in [-0.2, 0) is 30.3 Å². The summed E-state index contributed by atoms with van der Waals surface area (Å²) in [5.41, 5.74) is -2.71. The van der Waals surface area contributed by atoms with Gasteiger partial charge in [0.2, 0.25) is 5.78 Å². The maximum atomic E-state index is 18.3. The highest BCUT2D eigenvalue weighted by Gasteiger charge is 2.77. The van der Waals surface area contributed by atoms with Crippen LogP contribution in [0.5, 0.6) is 5.75 Å². The number of carbonyl (C=O) groups is 3. The van der Waals surface area contributed by atoms with Gasteiger partial charge in [-0.05, 0) is 49.7 Å². The van der Waals surface area contributed by atoms with Crippen molar-refractivity contribution in [3.63, 3.8) is 0 Å². The molecule has 3 saturated carbocycles. The zero-order valence-corrected chi connectivity index (χ0v) is 32.0. The van der Waals surface area contributed by atoms with Crippen LogP contribution in [-0.4, -0.2) is 73.5 Å². The second-order valence-corrected chi connectivity index (χ2v) is 15.2. The molecule has 2 aromatic heterocycles. The normalized spacial score (nSPS) is 32.5. The predicted molar refractivity (Wildman–Crippen MR) is 196 cm³/mol. The molecule has 4 aliphatic rings. The molecule has 0 radical (unpaired) electrons. The molecule has 12 heteroatoms. The van der Waals surface area contributed by atoms with Crippen LogP contribution in [0.15, 0.2) is 30.2 Å². The minimum atomic E-state index is -2.03. The van der Waals surface area contributed by atoms with Gasteiger partial charge >= 0.3 is 11.9 Å². The Balaban J connectivity index is 0.00000124. The number of aliphatic hydroxyl groups is 1. The Bertz CT molecular complexity index is 1830. The summed E-state index contributed by atoms with van der Waals surface area (Å²) in [4.78, 5) is 43.3. The monoisotopic (exact) mass is 779 g/mol. The highest BCUT2D eigenvalue weighted by Crippen LogP contribution is 2.72. The number of halogens is 2. The summed E-state index contributed by atoms with van der Waals surface area (Å²) >= 11 is 3.01. The number of alkyl halides is 2. The summed E-state index contributed by atoms with van der Waals surface area (Å²) in [5, 5.41) is 17.5. The van der Waals surface area contributed by atoms with E-state index in [0.29, 0.717) is 42.5 Å². The maximum Gasteiger partial charge on any atom is 0.306 e. The number of aliphatic hydroxyl groups excluding tert-OH is 1. The number of esters is 2. The molecule has 2 heterocycles. The van der Waals surface area contributed by atoms with Gasteiger partial charge in [0, 0.05) is 47.8 Å². The smallest absolute Gasteiger partial charge is 0.306 e. The van der Waals surface area contributed by atoms with Crippen LogP contribution < -0.4 is 4.74 Å². The second-order valence-electron chi connectivity index (χ2n) is 14.7. The Kier molecular flexibility index (Phi) is 11.4. The SMILES string of the molecule is C#CCBr.C#CCOc1cncc(-n2cc3c(n2)C=C2CC[C@H]4[C@@H]5C[C@H](C)[C@](OC(=O)CC)(C(=O)COC(=O)CC)[C@@]5(C)C[C@H](O)[C@]4(F)[C@@]2(C)C3)c1. The number of aromatic nitrogens is 3. The minimum absolute atomic E-state index is 0.0385. The van der Waals surface area contributed by atoms with Gasteiger partial charge in [0.1, 0.15) is 18.0 Å². The van der Waals surface area contributed by atoms with E-state index in [1.807, 2.05) is 33.0 Å². The molecule has 8 atom stereocenters. The van der Waals surface area contributed by atoms with Crippen LogP contribution in [0.2, 0.25) is 0 Å². The van der Waals surface area contributed by atoms with Crippen molar-refractivity contribution in [1.29, 1.82) is 0 Å². The van der Waals surface area contributed by atoms with Gasteiger partial charge in [-0.25, -0.2) is 9.07 Å². The summed E-state index contributed by atoms with van der Waals surface area (Å²) in [5.74, 6) is 2.18. The summed E-state index contributed by atoms with van der Waals surface area (Å²) in [6.45, 7) is 8.42. The largest absolute Gasteiger partial charge is 0.479 e. The predicted octanol–water partition coefficient (Wildman–Crippen LogP) is 6.00. The number of carbonyl (C=O) groups excluding carboxylic acids is 3. The van der Waals surface area contributed by atoms with Crippen molar-refractivity contribution >= 4 is 39.7 Å². The molecule has 10 nitrogen and oxygen atoms in total. The first-order chi connectivity index (χ1) is 24.7. The van der Waals surface area contributed by atoms with Gasteiger partial charge in [-0.2, -0.15) is 5.10 Å². The summed E-state index contributed by atoms with van der Waals surface area (Å²) < 4.78 is 36.9. The molecular weight excluding hydrogens is 733 g/mol. The Labute approximate surface area is 313 Å². The quantitative estimate of drug-likeness (QED) is 0.185. The Hall–Kier alpha value is -4.00. The number of rotatable bonds is 9. The first kappa shape index (κ1) is 39.2. The van der Waals surface area contributed by atoms with E-state index in [-0.39, 0.29) is 31.8 Å². The number of pyridine rings is 1. The number of ketones is 1. The molecule has 278 valence electrons. The van der Waals surface area contributed by atoms with Crippen molar-refractivity contribution in [3.8, 4) is 36.1 Å². The van der Waals surface area contributed by atoms with Crippen LogP contribution in [0.25, 0.3) is 11.8 Å². The van der Waals surface area contributed by atoms with E-state index in [9.17, 15) is 19.5 Å². The van der Waals surface area contributed by atoms with Crippen molar-refractivity contribution in [3.05, 3.63) is 41.5 Å². The molecule has 6 rings (SSSR count). The molecule has 0 bridgehead atoms. The van der Waals surface area contributed by atoms with Crippen LogP contribution in [0.1, 0.15) is 84.4 Å². The van der Waals surface area contributed by atoms with Crippen molar-refractivity contribution in [2.45, 2.75) is 96.9 Å². The van der Waals surface area contributed by atoms with Crippen LogP contribution in [0.4, 0.5) is 4.39 Å². The molecule has 4 aliphatic carbocycles. The number of ether oxygens (including phenoxy) is 3. The average molecular weight is 781 g/mol. The number of terminal acetylenes is 2. The topological polar surface area (TPSA) is 130 Å². The standard InChI is InChI=1S/C37H44FN3O7.C3H3Br/c1-7-12-46-26-15-25(18-39-19-26)41-20-23-16-34(5)24(14-29(23)40-41)10-11-27-28-13-22(4)37(48-33(45)9-3,31(43)21-47-32(44)8-2)35(28,6)17-30(42)36(27,34)38;1-2-3-4/h1,14-15,18-20,22,27-28,30,42H,8-13,16-17,21H2,2-6H3;1H,3H2/t22-,27-,28-,30-,34-,35-,36-,37-;/m0./s1. The first-order valence-corrected chi connectivity index (χ1v) is 18.9. The number of fused-ring (bicyclic) bond motifs is 6. The maximum absolute atomic E-state index is 18.3.